The Morgan fingerprint density at radius 3 is 2.12 bits per heavy atom. The molecule has 0 radical (unpaired) electrons. The number of rotatable bonds is 4. The lowest BCUT2D eigenvalue weighted by Crippen LogP contribution is -2.16. The van der Waals surface area contributed by atoms with Crippen molar-refractivity contribution in [2.75, 3.05) is 11.8 Å². The maximum absolute atomic E-state index is 12.8. The Labute approximate surface area is 163 Å². The van der Waals surface area contributed by atoms with Gasteiger partial charge in [-0.25, -0.2) is 8.42 Å². The molecule has 0 bridgehead atoms. The summed E-state index contributed by atoms with van der Waals surface area (Å²) in [5.41, 5.74) is 1.11. The van der Waals surface area contributed by atoms with E-state index in [2.05, 4.69) is 4.72 Å². The van der Waals surface area contributed by atoms with Gasteiger partial charge in [0.1, 0.15) is 10.6 Å². The van der Waals surface area contributed by atoms with Crippen molar-refractivity contribution in [3.63, 3.8) is 0 Å². The van der Waals surface area contributed by atoms with Crippen LogP contribution in [0.1, 0.15) is 26.3 Å². The van der Waals surface area contributed by atoms with Gasteiger partial charge < -0.3 is 4.74 Å². The highest BCUT2D eigenvalue weighted by molar-refractivity contribution is 7.92. The molecule has 0 saturated carbocycles. The fraction of sp³-hybridized carbons (Fsp3) is 0.294. The summed E-state index contributed by atoms with van der Waals surface area (Å²) in [6, 6.07) is 7.86. The van der Waals surface area contributed by atoms with Gasteiger partial charge in [-0.2, -0.15) is 0 Å². The van der Waals surface area contributed by atoms with E-state index in [-0.39, 0.29) is 25.4 Å². The normalized spacial score (nSPS) is 12.1. The summed E-state index contributed by atoms with van der Waals surface area (Å²) in [5.74, 6) is 0.396. The van der Waals surface area contributed by atoms with Gasteiger partial charge in [0.05, 0.1) is 27.9 Å². The third kappa shape index (κ3) is 4.53. The number of hydrogen-bond donors (Lipinski definition) is 1. The van der Waals surface area contributed by atoms with Crippen LogP contribution in [0.5, 0.6) is 5.75 Å². The molecule has 0 aromatic heterocycles. The Kier molecular flexibility index (Phi) is 5.84. The van der Waals surface area contributed by atoms with Crippen LogP contribution in [-0.2, 0) is 15.4 Å². The van der Waals surface area contributed by atoms with Gasteiger partial charge in [-0.05, 0) is 35.2 Å². The average molecular weight is 423 g/mol. The maximum Gasteiger partial charge on any atom is 0.263 e. The number of anilines is 1. The topological polar surface area (TPSA) is 55.4 Å². The fourth-order valence-electron chi connectivity index (χ4n) is 2.16. The van der Waals surface area contributed by atoms with Crippen molar-refractivity contribution in [1.29, 1.82) is 0 Å². The lowest BCUT2D eigenvalue weighted by molar-refractivity contribution is 0.416. The molecule has 0 unspecified atom stereocenters. The van der Waals surface area contributed by atoms with Crippen LogP contribution in [0.25, 0.3) is 0 Å². The molecule has 0 aliphatic heterocycles. The van der Waals surface area contributed by atoms with E-state index in [1.165, 1.54) is 19.2 Å². The summed E-state index contributed by atoms with van der Waals surface area (Å²) >= 11 is 17.8. The first-order chi connectivity index (χ1) is 11.5. The molecular formula is C17H18Cl3NO3S. The molecule has 4 nitrogen and oxygen atoms in total. The maximum atomic E-state index is 12.8. The van der Waals surface area contributed by atoms with Crippen molar-refractivity contribution in [3.8, 4) is 5.75 Å². The molecule has 0 saturated heterocycles. The zero-order chi connectivity index (χ0) is 19.0. The van der Waals surface area contributed by atoms with Crippen LogP contribution in [0.4, 0.5) is 5.69 Å². The van der Waals surface area contributed by atoms with E-state index in [1.807, 2.05) is 26.8 Å². The van der Waals surface area contributed by atoms with E-state index in [9.17, 15) is 8.42 Å². The Hall–Kier alpha value is -1.14. The number of benzene rings is 2. The van der Waals surface area contributed by atoms with Gasteiger partial charge in [0.15, 0.2) is 0 Å². The molecule has 0 fully saturated rings. The monoisotopic (exact) mass is 421 g/mol. The van der Waals surface area contributed by atoms with Gasteiger partial charge in [0.25, 0.3) is 10.0 Å². The first kappa shape index (κ1) is 20.2. The highest BCUT2D eigenvalue weighted by Crippen LogP contribution is 2.36. The average Bonchev–Trinajstić information content (AvgIpc) is 2.49. The van der Waals surface area contributed by atoms with Crippen LogP contribution < -0.4 is 9.46 Å². The molecule has 2 aromatic carbocycles. The van der Waals surface area contributed by atoms with Crippen LogP contribution in [0.3, 0.4) is 0 Å². The summed E-state index contributed by atoms with van der Waals surface area (Å²) in [7, 11) is -2.51. The van der Waals surface area contributed by atoms with E-state index in [4.69, 9.17) is 39.5 Å². The molecule has 136 valence electrons. The smallest absolute Gasteiger partial charge is 0.263 e. The van der Waals surface area contributed by atoms with Crippen molar-refractivity contribution >= 4 is 50.5 Å². The quantitative estimate of drug-likeness (QED) is 0.638. The van der Waals surface area contributed by atoms with Crippen molar-refractivity contribution in [1.82, 2.24) is 0 Å². The Balaban J connectivity index is 2.53. The molecular weight excluding hydrogens is 405 g/mol. The van der Waals surface area contributed by atoms with Gasteiger partial charge in [-0.3, -0.25) is 4.72 Å². The molecule has 0 spiro atoms. The van der Waals surface area contributed by atoms with E-state index < -0.39 is 10.0 Å². The van der Waals surface area contributed by atoms with Gasteiger partial charge in [-0.15, -0.1) is 0 Å². The lowest BCUT2D eigenvalue weighted by atomic mass is 9.87. The Morgan fingerprint density at radius 2 is 1.56 bits per heavy atom. The molecule has 1 N–H and O–H groups in total. The van der Waals surface area contributed by atoms with E-state index in [0.29, 0.717) is 11.4 Å². The van der Waals surface area contributed by atoms with Crippen molar-refractivity contribution < 1.29 is 13.2 Å². The van der Waals surface area contributed by atoms with Crippen molar-refractivity contribution in [2.24, 2.45) is 0 Å². The van der Waals surface area contributed by atoms with Crippen molar-refractivity contribution in [2.45, 2.75) is 31.1 Å². The van der Waals surface area contributed by atoms with E-state index in [1.54, 1.807) is 12.1 Å². The predicted octanol–water partition coefficient (Wildman–Crippen LogP) is 5.75. The van der Waals surface area contributed by atoms with Crippen molar-refractivity contribution in [3.05, 3.63) is 51.0 Å². The molecule has 8 heteroatoms. The van der Waals surface area contributed by atoms with Crippen LogP contribution in [0.2, 0.25) is 15.1 Å². The van der Waals surface area contributed by atoms with Crippen LogP contribution in [-0.4, -0.2) is 15.5 Å². The molecule has 25 heavy (non-hydrogen) atoms. The second kappa shape index (κ2) is 7.23. The second-order valence-corrected chi connectivity index (χ2v) is 9.34. The minimum Gasteiger partial charge on any atom is -0.495 e. The standard InChI is InChI=1S/C17H18Cl3NO3S/c1-17(2,3)10-5-6-15(24-4)14(7-10)21-25(22,23)16-9-12(19)11(18)8-13(16)20/h5-9,21H,1-4H3. The number of halogens is 3. The van der Waals surface area contributed by atoms with Gasteiger partial charge >= 0.3 is 0 Å². The zero-order valence-corrected chi connectivity index (χ0v) is 17.2. The Morgan fingerprint density at radius 1 is 0.960 bits per heavy atom. The summed E-state index contributed by atoms with van der Waals surface area (Å²) in [6.45, 7) is 6.09. The lowest BCUT2D eigenvalue weighted by Gasteiger charge is -2.21. The largest absolute Gasteiger partial charge is 0.495 e. The third-order valence-corrected chi connectivity index (χ3v) is 6.13. The predicted molar refractivity (Wildman–Crippen MR) is 104 cm³/mol. The molecule has 2 rings (SSSR count). The highest BCUT2D eigenvalue weighted by Gasteiger charge is 2.23. The molecule has 2 aromatic rings. The highest BCUT2D eigenvalue weighted by atomic mass is 35.5. The van der Waals surface area contributed by atoms with Gasteiger partial charge in [-0.1, -0.05) is 61.6 Å². The van der Waals surface area contributed by atoms with Gasteiger partial charge in [0, 0.05) is 0 Å². The van der Waals surface area contributed by atoms with Crippen LogP contribution >= 0.6 is 34.8 Å². The molecule has 0 amide bonds. The molecule has 0 atom stereocenters. The third-order valence-electron chi connectivity index (χ3n) is 3.57. The van der Waals surface area contributed by atoms with E-state index >= 15 is 0 Å². The number of sulfonamides is 1. The van der Waals surface area contributed by atoms with E-state index in [0.717, 1.165) is 5.56 Å². The molecule has 0 aliphatic carbocycles. The zero-order valence-electron chi connectivity index (χ0n) is 14.2. The van der Waals surface area contributed by atoms with Crippen LogP contribution in [0, 0.1) is 0 Å². The number of nitrogens with one attached hydrogen (secondary N) is 1. The molecule has 0 aliphatic rings. The summed E-state index contributed by atoms with van der Waals surface area (Å²) < 4.78 is 33.3. The number of methoxy groups -OCH3 is 1. The first-order valence-corrected chi connectivity index (χ1v) is 9.93. The fourth-order valence-corrected chi connectivity index (χ4v) is 4.23. The van der Waals surface area contributed by atoms with Gasteiger partial charge in [0.2, 0.25) is 0 Å². The summed E-state index contributed by atoms with van der Waals surface area (Å²) in [5, 5.41) is 0.257. The number of ether oxygens (including phenoxy) is 1. The second-order valence-electron chi connectivity index (χ2n) is 6.47. The Bertz CT molecular complexity index is 906. The summed E-state index contributed by atoms with van der Waals surface area (Å²) in [6.07, 6.45) is 0. The molecule has 0 heterocycles. The first-order valence-electron chi connectivity index (χ1n) is 7.31. The SMILES string of the molecule is COc1ccc(C(C)(C)C)cc1NS(=O)(=O)c1cc(Cl)c(Cl)cc1Cl. The number of hydrogen-bond acceptors (Lipinski definition) is 3. The minimum absolute atomic E-state index is 0.0205. The summed E-state index contributed by atoms with van der Waals surface area (Å²) in [4.78, 5) is -0.160. The van der Waals surface area contributed by atoms with Crippen LogP contribution in [0.15, 0.2) is 35.2 Å². The minimum atomic E-state index is -3.98.